The molecule has 2 aromatic carbocycles. The molecule has 3 aromatic rings. The Bertz CT molecular complexity index is 1030. The van der Waals surface area contributed by atoms with E-state index < -0.39 is 17.5 Å². The second-order valence-electron chi connectivity index (χ2n) is 6.34. The molecule has 27 heavy (non-hydrogen) atoms. The van der Waals surface area contributed by atoms with Crippen LogP contribution in [-0.4, -0.2) is 39.9 Å². The van der Waals surface area contributed by atoms with Crippen LogP contribution in [0.4, 0.5) is 13.2 Å². The van der Waals surface area contributed by atoms with Crippen molar-refractivity contribution >= 4 is 28.3 Å². The first-order chi connectivity index (χ1) is 12.8. The number of nitrogens with zero attached hydrogens (tertiary/aromatic N) is 3. The Hall–Kier alpha value is -2.58. The number of benzene rings is 2. The van der Waals surface area contributed by atoms with E-state index in [0.717, 1.165) is 6.07 Å². The Morgan fingerprint density at radius 3 is 2.59 bits per heavy atom. The third-order valence-electron chi connectivity index (χ3n) is 3.96. The van der Waals surface area contributed by atoms with E-state index in [9.17, 15) is 18.4 Å². The molecule has 5 nitrogen and oxygen atoms in total. The lowest BCUT2D eigenvalue weighted by Gasteiger charge is -2.08. The molecule has 0 aliphatic heterocycles. The van der Waals surface area contributed by atoms with Gasteiger partial charge in [-0.05, 0) is 37.9 Å². The second-order valence-corrected chi connectivity index (χ2v) is 6.74. The number of aromatic amines is 1. The van der Waals surface area contributed by atoms with E-state index in [2.05, 4.69) is 15.1 Å². The van der Waals surface area contributed by atoms with Gasteiger partial charge in [0.15, 0.2) is 11.6 Å². The lowest BCUT2D eigenvalue weighted by Crippen LogP contribution is -2.11. The first-order valence-electron chi connectivity index (χ1n) is 7.96. The monoisotopic (exact) mass is 396 g/mol. The summed E-state index contributed by atoms with van der Waals surface area (Å²) < 4.78 is 41.6. The summed E-state index contributed by atoms with van der Waals surface area (Å²) in [6.45, 7) is 0.383. The highest BCUT2D eigenvalue weighted by molar-refractivity contribution is 6.30. The Morgan fingerprint density at radius 1 is 1.22 bits per heavy atom. The van der Waals surface area contributed by atoms with E-state index in [0.29, 0.717) is 17.9 Å². The second kappa shape index (κ2) is 7.58. The van der Waals surface area contributed by atoms with E-state index >= 15 is 0 Å². The maximum atomic E-state index is 14.2. The summed E-state index contributed by atoms with van der Waals surface area (Å²) in [7, 11) is 3.62. The van der Waals surface area contributed by atoms with Crippen molar-refractivity contribution in [2.75, 3.05) is 14.1 Å². The predicted molar refractivity (Wildman–Crippen MR) is 96.8 cm³/mol. The average Bonchev–Trinajstić information content (AvgIpc) is 3.02. The summed E-state index contributed by atoms with van der Waals surface area (Å²) in [6, 6.07) is 4.96. The highest BCUT2D eigenvalue weighted by Gasteiger charge is 2.20. The Labute approximate surface area is 158 Å². The van der Waals surface area contributed by atoms with Crippen LogP contribution in [0.25, 0.3) is 11.0 Å². The fourth-order valence-corrected chi connectivity index (χ4v) is 2.98. The van der Waals surface area contributed by atoms with Crippen molar-refractivity contribution < 1.29 is 18.4 Å². The first kappa shape index (κ1) is 19.2. The van der Waals surface area contributed by atoms with Crippen molar-refractivity contribution in [3.05, 3.63) is 63.7 Å². The topological polar surface area (TPSA) is 64.5 Å². The van der Waals surface area contributed by atoms with Gasteiger partial charge in [-0.15, -0.1) is 0 Å². The number of halogens is 4. The molecule has 0 saturated carbocycles. The molecule has 0 saturated heterocycles. The SMILES string of the molecule is CN(C)Cc1nc2c(F)c(F)cc(/C(Cc3ccc(F)c(Cl)c3)=N/O)c2[nH]1. The van der Waals surface area contributed by atoms with Crippen molar-refractivity contribution in [2.24, 2.45) is 5.16 Å². The maximum Gasteiger partial charge on any atom is 0.186 e. The van der Waals surface area contributed by atoms with Crippen molar-refractivity contribution in [3.8, 4) is 0 Å². The number of hydrogen-bond acceptors (Lipinski definition) is 4. The van der Waals surface area contributed by atoms with Gasteiger partial charge in [0.1, 0.15) is 17.2 Å². The smallest absolute Gasteiger partial charge is 0.186 e. The molecule has 0 aliphatic carbocycles. The van der Waals surface area contributed by atoms with Gasteiger partial charge in [-0.1, -0.05) is 22.8 Å². The number of rotatable bonds is 5. The lowest BCUT2D eigenvalue weighted by atomic mass is 10.0. The van der Waals surface area contributed by atoms with Crippen molar-refractivity contribution in [1.82, 2.24) is 14.9 Å². The molecule has 9 heteroatoms. The lowest BCUT2D eigenvalue weighted by molar-refractivity contribution is 0.318. The minimum Gasteiger partial charge on any atom is -0.411 e. The number of aromatic nitrogens is 2. The van der Waals surface area contributed by atoms with Crippen molar-refractivity contribution in [2.45, 2.75) is 13.0 Å². The zero-order chi connectivity index (χ0) is 19.7. The molecular formula is C18H16ClF3N4O. The highest BCUT2D eigenvalue weighted by atomic mass is 35.5. The van der Waals surface area contributed by atoms with Gasteiger partial charge in [-0.3, -0.25) is 0 Å². The van der Waals surface area contributed by atoms with E-state index in [1.807, 2.05) is 19.0 Å². The largest absolute Gasteiger partial charge is 0.411 e. The predicted octanol–water partition coefficient (Wildman–Crippen LogP) is 4.12. The minimum atomic E-state index is -1.11. The number of imidazole rings is 1. The number of H-pyrrole nitrogens is 1. The molecule has 142 valence electrons. The van der Waals surface area contributed by atoms with Crippen LogP contribution in [0.2, 0.25) is 5.02 Å². The van der Waals surface area contributed by atoms with E-state index in [1.54, 1.807) is 0 Å². The van der Waals surface area contributed by atoms with Gasteiger partial charge < -0.3 is 15.1 Å². The summed E-state index contributed by atoms with van der Waals surface area (Å²) in [5.74, 6) is -2.35. The number of nitrogens with one attached hydrogen (secondary N) is 1. The normalized spacial score (nSPS) is 12.3. The molecule has 0 spiro atoms. The summed E-state index contributed by atoms with van der Waals surface area (Å²) in [5.41, 5.74) is 0.790. The van der Waals surface area contributed by atoms with Gasteiger partial charge in [0.05, 0.1) is 22.8 Å². The first-order valence-corrected chi connectivity index (χ1v) is 8.34. The molecule has 0 unspecified atom stereocenters. The molecule has 0 fully saturated rings. The van der Waals surface area contributed by atoms with Crippen LogP contribution in [0.15, 0.2) is 29.4 Å². The number of fused-ring (bicyclic) bond motifs is 1. The average molecular weight is 397 g/mol. The Morgan fingerprint density at radius 2 is 1.96 bits per heavy atom. The molecule has 0 bridgehead atoms. The van der Waals surface area contributed by atoms with Crippen LogP contribution in [-0.2, 0) is 13.0 Å². The molecule has 0 amide bonds. The standard InChI is InChI=1S/C18H16ClF3N4O/c1-26(2)8-15-23-17-10(7-13(21)16(22)18(17)24-15)14(25-27)6-9-3-4-12(20)11(19)5-9/h3-5,7,27H,6,8H2,1-2H3,(H,23,24)/b25-14+. The zero-order valence-corrected chi connectivity index (χ0v) is 15.3. The highest BCUT2D eigenvalue weighted by Crippen LogP contribution is 2.25. The molecule has 2 N–H and O–H groups in total. The summed E-state index contributed by atoms with van der Waals surface area (Å²) in [6.07, 6.45) is 0.0265. The van der Waals surface area contributed by atoms with Crippen LogP contribution < -0.4 is 0 Å². The quantitative estimate of drug-likeness (QED) is 0.387. The van der Waals surface area contributed by atoms with E-state index in [4.69, 9.17) is 11.6 Å². The molecule has 1 aromatic heterocycles. The number of oxime groups is 1. The Balaban J connectivity index is 2.08. The summed E-state index contributed by atoms with van der Waals surface area (Å²) >= 11 is 5.77. The number of hydrogen-bond donors (Lipinski definition) is 2. The van der Waals surface area contributed by atoms with Gasteiger partial charge in [0.2, 0.25) is 0 Å². The van der Waals surface area contributed by atoms with E-state index in [1.165, 1.54) is 18.2 Å². The molecule has 0 atom stereocenters. The van der Waals surface area contributed by atoms with Gasteiger partial charge in [-0.2, -0.15) is 0 Å². The van der Waals surface area contributed by atoms with Crippen LogP contribution in [0.5, 0.6) is 0 Å². The molecule has 0 aliphatic rings. The van der Waals surface area contributed by atoms with Crippen LogP contribution in [0.1, 0.15) is 17.0 Å². The summed E-state index contributed by atoms with van der Waals surface area (Å²) in [4.78, 5) is 8.86. The minimum absolute atomic E-state index is 0.0265. The summed E-state index contributed by atoms with van der Waals surface area (Å²) in [5, 5.41) is 12.6. The van der Waals surface area contributed by atoms with Crippen LogP contribution >= 0.6 is 11.6 Å². The molecule has 0 radical (unpaired) electrons. The molecule has 3 rings (SSSR count). The van der Waals surface area contributed by atoms with Gasteiger partial charge >= 0.3 is 0 Å². The fraction of sp³-hybridized carbons (Fsp3) is 0.222. The maximum absolute atomic E-state index is 14.2. The van der Waals surface area contributed by atoms with Gasteiger partial charge in [0.25, 0.3) is 0 Å². The zero-order valence-electron chi connectivity index (χ0n) is 14.5. The van der Waals surface area contributed by atoms with Gasteiger partial charge in [0, 0.05) is 12.0 Å². The van der Waals surface area contributed by atoms with Gasteiger partial charge in [-0.25, -0.2) is 18.2 Å². The van der Waals surface area contributed by atoms with Crippen LogP contribution in [0, 0.1) is 17.5 Å². The van der Waals surface area contributed by atoms with Crippen molar-refractivity contribution in [3.63, 3.8) is 0 Å². The van der Waals surface area contributed by atoms with Crippen molar-refractivity contribution in [1.29, 1.82) is 0 Å². The van der Waals surface area contributed by atoms with Crippen LogP contribution in [0.3, 0.4) is 0 Å². The molecular weight excluding hydrogens is 381 g/mol. The third-order valence-corrected chi connectivity index (χ3v) is 4.25. The van der Waals surface area contributed by atoms with E-state index in [-0.39, 0.29) is 33.8 Å². The Kier molecular flexibility index (Phi) is 5.38. The molecule has 1 heterocycles. The third kappa shape index (κ3) is 3.91. The fourth-order valence-electron chi connectivity index (χ4n) is 2.78.